The molecule has 0 saturated carbocycles. The van der Waals surface area contributed by atoms with Crippen LogP contribution in [0.5, 0.6) is 0 Å². The lowest BCUT2D eigenvalue weighted by molar-refractivity contribution is 0.628. The summed E-state index contributed by atoms with van der Waals surface area (Å²) in [6, 6.07) is 4.33. The maximum atomic E-state index is 12.6. The molecule has 0 amide bonds. The van der Waals surface area contributed by atoms with Crippen molar-refractivity contribution in [3.63, 3.8) is 0 Å². The Hall–Kier alpha value is -0.960. The first kappa shape index (κ1) is 9.13. The van der Waals surface area contributed by atoms with Crippen molar-refractivity contribution in [2.45, 2.75) is 0 Å². The van der Waals surface area contributed by atoms with Crippen LogP contribution in [-0.4, -0.2) is 5.75 Å². The van der Waals surface area contributed by atoms with Crippen LogP contribution < -0.4 is 5.73 Å². The fraction of sp³-hybridized carbons (Fsp3) is 0.111. The van der Waals surface area contributed by atoms with Gasteiger partial charge in [0.25, 0.3) is 0 Å². The Kier molecular flexibility index (Phi) is 3.17. The predicted molar refractivity (Wildman–Crippen MR) is 53.7 cm³/mol. The van der Waals surface area contributed by atoms with E-state index >= 15 is 0 Å². The van der Waals surface area contributed by atoms with Gasteiger partial charge in [0.15, 0.2) is 0 Å². The van der Waals surface area contributed by atoms with E-state index in [1.165, 1.54) is 12.1 Å². The second-order valence-electron chi connectivity index (χ2n) is 2.36. The van der Waals surface area contributed by atoms with Crippen LogP contribution >= 0.6 is 12.6 Å². The van der Waals surface area contributed by atoms with Gasteiger partial charge >= 0.3 is 0 Å². The van der Waals surface area contributed by atoms with Gasteiger partial charge in [-0.2, -0.15) is 12.6 Å². The van der Waals surface area contributed by atoms with E-state index in [-0.39, 0.29) is 5.82 Å². The second-order valence-corrected chi connectivity index (χ2v) is 2.72. The second kappa shape index (κ2) is 4.16. The van der Waals surface area contributed by atoms with Gasteiger partial charge in [-0.3, -0.25) is 0 Å². The van der Waals surface area contributed by atoms with Crippen molar-refractivity contribution in [1.29, 1.82) is 0 Å². The number of thiol groups is 1. The summed E-state index contributed by atoms with van der Waals surface area (Å²) < 4.78 is 12.6. The third-order valence-corrected chi connectivity index (χ3v) is 1.66. The molecular weight excluding hydrogens is 173 g/mol. The van der Waals surface area contributed by atoms with Gasteiger partial charge < -0.3 is 5.73 Å². The van der Waals surface area contributed by atoms with E-state index in [0.717, 1.165) is 5.56 Å². The van der Waals surface area contributed by atoms with E-state index in [1.807, 2.05) is 12.2 Å². The van der Waals surface area contributed by atoms with Gasteiger partial charge in [0.2, 0.25) is 0 Å². The maximum absolute atomic E-state index is 12.6. The summed E-state index contributed by atoms with van der Waals surface area (Å²) >= 11 is 4.00. The molecule has 64 valence electrons. The summed E-state index contributed by atoms with van der Waals surface area (Å²) in [6.45, 7) is 0. The van der Waals surface area contributed by atoms with Crippen LogP contribution in [0.4, 0.5) is 10.1 Å². The predicted octanol–water partition coefficient (Wildman–Crippen LogP) is 2.35. The fourth-order valence-corrected chi connectivity index (χ4v) is 0.982. The SMILES string of the molecule is Nc1cc(F)ccc1C=CCS. The molecule has 1 aromatic carbocycles. The number of hydrogen-bond donors (Lipinski definition) is 2. The highest BCUT2D eigenvalue weighted by Gasteiger charge is 1.95. The Balaban J connectivity index is 2.94. The lowest BCUT2D eigenvalue weighted by Crippen LogP contribution is -1.89. The first-order valence-corrected chi connectivity index (χ1v) is 4.19. The molecule has 3 heteroatoms. The summed E-state index contributed by atoms with van der Waals surface area (Å²) in [7, 11) is 0. The quantitative estimate of drug-likeness (QED) is 0.534. The molecule has 1 nitrogen and oxygen atoms in total. The monoisotopic (exact) mass is 183 g/mol. The molecule has 2 N–H and O–H groups in total. The molecule has 0 radical (unpaired) electrons. The largest absolute Gasteiger partial charge is 0.398 e. The summed E-state index contributed by atoms with van der Waals surface area (Å²) in [6.07, 6.45) is 3.68. The molecule has 0 unspecified atom stereocenters. The number of benzene rings is 1. The maximum Gasteiger partial charge on any atom is 0.125 e. The van der Waals surface area contributed by atoms with Gasteiger partial charge in [-0.1, -0.05) is 18.2 Å². The summed E-state index contributed by atoms with van der Waals surface area (Å²) in [4.78, 5) is 0. The Labute approximate surface area is 76.5 Å². The normalized spacial score (nSPS) is 10.8. The molecule has 12 heavy (non-hydrogen) atoms. The molecule has 0 aromatic heterocycles. The lowest BCUT2D eigenvalue weighted by atomic mass is 10.1. The van der Waals surface area contributed by atoms with Crippen molar-refractivity contribution < 1.29 is 4.39 Å². The summed E-state index contributed by atoms with van der Waals surface area (Å²) in [5, 5.41) is 0. The number of hydrogen-bond acceptors (Lipinski definition) is 2. The zero-order chi connectivity index (χ0) is 8.97. The van der Waals surface area contributed by atoms with Crippen LogP contribution in [-0.2, 0) is 0 Å². The molecule has 0 spiro atoms. The van der Waals surface area contributed by atoms with Crippen LogP contribution in [0.2, 0.25) is 0 Å². The van der Waals surface area contributed by atoms with E-state index in [9.17, 15) is 4.39 Å². The molecule has 0 atom stereocenters. The zero-order valence-electron chi connectivity index (χ0n) is 6.50. The molecule has 0 saturated heterocycles. The molecular formula is C9H10FNS. The third kappa shape index (κ3) is 2.27. The highest BCUT2D eigenvalue weighted by Crippen LogP contribution is 2.14. The van der Waals surface area contributed by atoms with Crippen molar-refractivity contribution in [1.82, 2.24) is 0 Å². The first-order chi connectivity index (χ1) is 5.74. The average Bonchev–Trinajstić information content (AvgIpc) is 2.03. The van der Waals surface area contributed by atoms with Gasteiger partial charge in [0.05, 0.1) is 0 Å². The number of anilines is 1. The van der Waals surface area contributed by atoms with E-state index in [1.54, 1.807) is 6.07 Å². The standard InChI is InChI=1S/C9H10FNS/c10-8-4-3-7(2-1-5-12)9(11)6-8/h1-4,6,12H,5,11H2. The van der Waals surface area contributed by atoms with Gasteiger partial charge in [-0.25, -0.2) is 4.39 Å². The number of rotatable bonds is 2. The van der Waals surface area contributed by atoms with Crippen LogP contribution in [0.1, 0.15) is 5.56 Å². The molecule has 0 heterocycles. The van der Waals surface area contributed by atoms with Crippen molar-refractivity contribution in [3.05, 3.63) is 35.7 Å². The zero-order valence-corrected chi connectivity index (χ0v) is 7.39. The Morgan fingerprint density at radius 3 is 2.83 bits per heavy atom. The molecule has 1 rings (SSSR count). The molecule has 0 aliphatic rings. The van der Waals surface area contributed by atoms with Crippen molar-refractivity contribution in [3.8, 4) is 0 Å². The molecule has 0 aliphatic carbocycles. The van der Waals surface area contributed by atoms with Gasteiger partial charge in [0.1, 0.15) is 5.82 Å². The Morgan fingerprint density at radius 2 is 2.25 bits per heavy atom. The van der Waals surface area contributed by atoms with Crippen LogP contribution in [0.25, 0.3) is 6.08 Å². The topological polar surface area (TPSA) is 26.0 Å². The molecule has 0 fully saturated rings. The highest BCUT2D eigenvalue weighted by atomic mass is 32.1. The average molecular weight is 183 g/mol. The minimum atomic E-state index is -0.310. The summed E-state index contributed by atoms with van der Waals surface area (Å²) in [5.41, 5.74) is 6.82. The van der Waals surface area contributed by atoms with E-state index in [2.05, 4.69) is 12.6 Å². The van der Waals surface area contributed by atoms with E-state index < -0.39 is 0 Å². The minimum absolute atomic E-state index is 0.310. The first-order valence-electron chi connectivity index (χ1n) is 3.56. The Bertz CT molecular complexity index is 297. The third-order valence-electron chi connectivity index (χ3n) is 1.45. The van der Waals surface area contributed by atoms with Crippen LogP contribution in [0, 0.1) is 5.82 Å². The van der Waals surface area contributed by atoms with Crippen molar-refractivity contribution in [2.24, 2.45) is 0 Å². The van der Waals surface area contributed by atoms with Gasteiger partial charge in [-0.05, 0) is 17.7 Å². The van der Waals surface area contributed by atoms with Gasteiger partial charge in [0, 0.05) is 11.4 Å². The molecule has 1 aromatic rings. The molecule has 0 aliphatic heterocycles. The highest BCUT2D eigenvalue weighted by molar-refractivity contribution is 7.80. The van der Waals surface area contributed by atoms with Crippen LogP contribution in [0.15, 0.2) is 24.3 Å². The minimum Gasteiger partial charge on any atom is -0.398 e. The number of halogens is 1. The number of nitrogen functional groups attached to an aromatic ring is 1. The van der Waals surface area contributed by atoms with Gasteiger partial charge in [-0.15, -0.1) is 0 Å². The lowest BCUT2D eigenvalue weighted by Gasteiger charge is -1.98. The smallest absolute Gasteiger partial charge is 0.125 e. The summed E-state index contributed by atoms with van der Waals surface area (Å²) in [5.74, 6) is 0.340. The Morgan fingerprint density at radius 1 is 1.50 bits per heavy atom. The van der Waals surface area contributed by atoms with E-state index in [4.69, 9.17) is 5.73 Å². The number of nitrogens with two attached hydrogens (primary N) is 1. The van der Waals surface area contributed by atoms with Crippen molar-refractivity contribution >= 4 is 24.4 Å². The van der Waals surface area contributed by atoms with Crippen molar-refractivity contribution in [2.75, 3.05) is 11.5 Å². The van der Waals surface area contributed by atoms with Crippen LogP contribution in [0.3, 0.4) is 0 Å². The molecule has 0 bridgehead atoms. The van der Waals surface area contributed by atoms with E-state index in [0.29, 0.717) is 11.4 Å². The fourth-order valence-electron chi connectivity index (χ4n) is 0.877.